The smallest absolute Gasteiger partial charge is 0.396 e. The predicted molar refractivity (Wildman–Crippen MR) is 73.2 cm³/mol. The van der Waals surface area contributed by atoms with Crippen LogP contribution in [0.5, 0.6) is 0 Å². The van der Waals surface area contributed by atoms with Crippen molar-refractivity contribution in [3.8, 4) is 0 Å². The number of halogens is 4. The molecule has 0 heterocycles. The summed E-state index contributed by atoms with van der Waals surface area (Å²) >= 11 is 0. The Bertz CT molecular complexity index is 428. The van der Waals surface area contributed by atoms with E-state index in [2.05, 4.69) is 5.32 Å². The van der Waals surface area contributed by atoms with E-state index < -0.39 is 17.6 Å². The Labute approximate surface area is 122 Å². The molecule has 21 heavy (non-hydrogen) atoms. The molecule has 0 fully saturated rings. The second-order valence-electron chi connectivity index (χ2n) is 5.10. The second kappa shape index (κ2) is 8.34. The summed E-state index contributed by atoms with van der Waals surface area (Å²) in [6.07, 6.45) is -2.08. The molecule has 0 bridgehead atoms. The van der Waals surface area contributed by atoms with Crippen molar-refractivity contribution in [3.05, 3.63) is 35.1 Å². The molecule has 2 nitrogen and oxygen atoms in total. The zero-order valence-electron chi connectivity index (χ0n) is 12.0. The third-order valence-electron chi connectivity index (χ3n) is 3.36. The second-order valence-corrected chi connectivity index (χ2v) is 5.10. The van der Waals surface area contributed by atoms with Crippen LogP contribution < -0.4 is 5.32 Å². The average Bonchev–Trinajstić information content (AvgIpc) is 2.39. The zero-order valence-corrected chi connectivity index (χ0v) is 12.0. The van der Waals surface area contributed by atoms with Gasteiger partial charge in [-0.1, -0.05) is 19.4 Å². The molecule has 0 radical (unpaired) electrons. The van der Waals surface area contributed by atoms with Gasteiger partial charge in [0, 0.05) is 13.2 Å². The topological polar surface area (TPSA) is 32.3 Å². The summed E-state index contributed by atoms with van der Waals surface area (Å²) < 4.78 is 51.5. The van der Waals surface area contributed by atoms with Gasteiger partial charge in [-0.25, -0.2) is 4.39 Å². The van der Waals surface area contributed by atoms with E-state index in [4.69, 9.17) is 5.11 Å². The Morgan fingerprint density at radius 1 is 1.24 bits per heavy atom. The molecule has 0 aromatic heterocycles. The highest BCUT2D eigenvalue weighted by Crippen LogP contribution is 2.32. The molecule has 0 saturated carbocycles. The van der Waals surface area contributed by atoms with E-state index >= 15 is 0 Å². The van der Waals surface area contributed by atoms with Crippen molar-refractivity contribution in [2.45, 2.75) is 38.9 Å². The third-order valence-corrected chi connectivity index (χ3v) is 3.36. The Balaban J connectivity index is 2.66. The lowest BCUT2D eigenvalue weighted by Crippen LogP contribution is -2.24. The molecule has 0 aliphatic heterocycles. The van der Waals surface area contributed by atoms with Crippen LogP contribution >= 0.6 is 0 Å². The van der Waals surface area contributed by atoms with Crippen LogP contribution in [-0.4, -0.2) is 18.3 Å². The normalized spacial score (nSPS) is 13.4. The van der Waals surface area contributed by atoms with Gasteiger partial charge in [-0.3, -0.25) is 0 Å². The standard InChI is InChI=1S/C15H21F4NO/c1-2-3-11(6-7-21)9-20-10-12-4-5-13(16)8-14(12)15(17,18)19/h4-5,8,11,20-21H,2-3,6-7,9-10H2,1H3. The molecular formula is C15H21F4NO. The maximum absolute atomic E-state index is 13.0. The predicted octanol–water partition coefficient (Wildman–Crippen LogP) is 3.73. The summed E-state index contributed by atoms with van der Waals surface area (Å²) in [6, 6.07) is 2.71. The van der Waals surface area contributed by atoms with Gasteiger partial charge >= 0.3 is 6.18 Å². The molecule has 1 unspecified atom stereocenters. The van der Waals surface area contributed by atoms with Crippen molar-refractivity contribution < 1.29 is 22.7 Å². The molecular weight excluding hydrogens is 286 g/mol. The average molecular weight is 307 g/mol. The van der Waals surface area contributed by atoms with Crippen molar-refractivity contribution in [3.63, 3.8) is 0 Å². The van der Waals surface area contributed by atoms with E-state index in [1.807, 2.05) is 6.92 Å². The fourth-order valence-electron chi connectivity index (χ4n) is 2.32. The number of rotatable bonds is 8. The minimum absolute atomic E-state index is 0.0285. The van der Waals surface area contributed by atoms with Gasteiger partial charge in [0.2, 0.25) is 0 Å². The number of alkyl halides is 3. The first kappa shape index (κ1) is 17.9. The fraction of sp³-hybridized carbons (Fsp3) is 0.600. The molecule has 2 N–H and O–H groups in total. The SMILES string of the molecule is CCCC(CCO)CNCc1ccc(F)cc1C(F)(F)F. The summed E-state index contributed by atoms with van der Waals surface area (Å²) in [6.45, 7) is 2.65. The van der Waals surface area contributed by atoms with Gasteiger partial charge in [0.05, 0.1) is 5.56 Å². The van der Waals surface area contributed by atoms with Gasteiger partial charge in [-0.2, -0.15) is 13.2 Å². The zero-order chi connectivity index (χ0) is 15.9. The summed E-state index contributed by atoms with van der Waals surface area (Å²) in [5, 5.41) is 11.9. The Kier molecular flexibility index (Phi) is 7.11. The Morgan fingerprint density at radius 3 is 2.52 bits per heavy atom. The summed E-state index contributed by atoms with van der Waals surface area (Å²) in [5.41, 5.74) is -0.910. The van der Waals surface area contributed by atoms with Crippen molar-refractivity contribution in [2.24, 2.45) is 5.92 Å². The van der Waals surface area contributed by atoms with Gasteiger partial charge in [0.15, 0.2) is 0 Å². The summed E-state index contributed by atoms with van der Waals surface area (Å²) in [5.74, 6) is -0.662. The minimum Gasteiger partial charge on any atom is -0.396 e. The van der Waals surface area contributed by atoms with Crippen LogP contribution in [-0.2, 0) is 12.7 Å². The molecule has 120 valence electrons. The van der Waals surface area contributed by atoms with Crippen molar-refractivity contribution in [1.82, 2.24) is 5.32 Å². The quantitative estimate of drug-likeness (QED) is 0.717. The van der Waals surface area contributed by atoms with Crippen LogP contribution in [0, 0.1) is 11.7 Å². The number of benzene rings is 1. The van der Waals surface area contributed by atoms with Gasteiger partial charge < -0.3 is 10.4 Å². The maximum Gasteiger partial charge on any atom is 0.416 e. The Hall–Kier alpha value is -1.14. The van der Waals surface area contributed by atoms with Gasteiger partial charge in [0.25, 0.3) is 0 Å². The Morgan fingerprint density at radius 2 is 1.95 bits per heavy atom. The number of aliphatic hydroxyl groups excluding tert-OH is 1. The molecule has 0 saturated heterocycles. The molecule has 0 spiro atoms. The van der Waals surface area contributed by atoms with Crippen molar-refractivity contribution in [1.29, 1.82) is 0 Å². The maximum atomic E-state index is 13.0. The molecule has 0 amide bonds. The lowest BCUT2D eigenvalue weighted by atomic mass is 10.00. The van der Waals surface area contributed by atoms with Gasteiger partial charge in [-0.15, -0.1) is 0 Å². The highest BCUT2D eigenvalue weighted by atomic mass is 19.4. The van der Waals surface area contributed by atoms with Gasteiger partial charge in [-0.05, 0) is 43.0 Å². The van der Waals surface area contributed by atoms with Crippen molar-refractivity contribution in [2.75, 3.05) is 13.2 Å². The fourth-order valence-corrected chi connectivity index (χ4v) is 2.32. The lowest BCUT2D eigenvalue weighted by molar-refractivity contribution is -0.138. The van der Waals surface area contributed by atoms with Crippen LogP contribution in [0.2, 0.25) is 0 Å². The largest absolute Gasteiger partial charge is 0.416 e. The van der Waals surface area contributed by atoms with Crippen LogP contribution in [0.1, 0.15) is 37.3 Å². The minimum atomic E-state index is -4.56. The van der Waals surface area contributed by atoms with Crippen LogP contribution in [0.3, 0.4) is 0 Å². The van der Waals surface area contributed by atoms with E-state index in [1.54, 1.807) is 0 Å². The van der Waals surface area contributed by atoms with E-state index in [0.717, 1.165) is 25.0 Å². The monoisotopic (exact) mass is 307 g/mol. The highest BCUT2D eigenvalue weighted by Gasteiger charge is 2.33. The van der Waals surface area contributed by atoms with Gasteiger partial charge in [0.1, 0.15) is 5.82 Å². The first-order valence-electron chi connectivity index (χ1n) is 7.05. The summed E-state index contributed by atoms with van der Waals surface area (Å²) in [7, 11) is 0. The van der Waals surface area contributed by atoms with Crippen LogP contribution in [0.4, 0.5) is 17.6 Å². The molecule has 6 heteroatoms. The molecule has 1 atom stereocenters. The van der Waals surface area contributed by atoms with Crippen LogP contribution in [0.25, 0.3) is 0 Å². The first-order valence-corrected chi connectivity index (χ1v) is 7.05. The number of nitrogens with one attached hydrogen (secondary N) is 1. The van der Waals surface area contributed by atoms with Crippen molar-refractivity contribution >= 4 is 0 Å². The van der Waals surface area contributed by atoms with E-state index in [1.165, 1.54) is 0 Å². The molecule has 1 aromatic rings. The van der Waals surface area contributed by atoms with E-state index in [-0.39, 0.29) is 24.6 Å². The third kappa shape index (κ3) is 6.01. The van der Waals surface area contributed by atoms with Crippen LogP contribution in [0.15, 0.2) is 18.2 Å². The van der Waals surface area contributed by atoms with E-state index in [0.29, 0.717) is 19.0 Å². The molecule has 0 aliphatic carbocycles. The highest BCUT2D eigenvalue weighted by molar-refractivity contribution is 5.30. The molecule has 0 aliphatic rings. The first-order chi connectivity index (χ1) is 9.88. The number of hydrogen-bond acceptors (Lipinski definition) is 2. The van der Waals surface area contributed by atoms with E-state index in [9.17, 15) is 17.6 Å². The molecule has 1 rings (SSSR count). The lowest BCUT2D eigenvalue weighted by Gasteiger charge is -2.17. The number of hydrogen-bond donors (Lipinski definition) is 2. The summed E-state index contributed by atoms with van der Waals surface area (Å²) in [4.78, 5) is 0. The molecule has 1 aromatic carbocycles. The number of aliphatic hydroxyl groups is 1.